The molecule has 0 radical (unpaired) electrons. The van der Waals surface area contributed by atoms with Crippen LogP contribution in [0.4, 0.5) is 11.4 Å². The Morgan fingerprint density at radius 1 is 0.720 bits per heavy atom. The van der Waals surface area contributed by atoms with Gasteiger partial charge in [-0.2, -0.15) is 0 Å². The lowest BCUT2D eigenvalue weighted by Crippen LogP contribution is -2.58. The highest BCUT2D eigenvalue weighted by molar-refractivity contribution is 6.38. The third kappa shape index (κ3) is 20.3. The number of hydrogen-bond acceptors (Lipinski definition) is 15. The molecule has 23 heteroatoms. The second-order valence-corrected chi connectivity index (χ2v) is 24.6. The molecule has 2 aliphatic rings. The molecule has 23 nitrogen and oxygen atoms in total. The van der Waals surface area contributed by atoms with E-state index in [0.29, 0.717) is 84.6 Å². The van der Waals surface area contributed by atoms with Gasteiger partial charge in [0.15, 0.2) is 11.5 Å². The summed E-state index contributed by atoms with van der Waals surface area (Å²) >= 11 is 0. The Balaban J connectivity index is 1.20. The van der Waals surface area contributed by atoms with E-state index >= 15 is 4.79 Å². The van der Waals surface area contributed by atoms with Crippen LogP contribution in [0, 0.1) is 11.3 Å². The SMILES string of the molecule is C=CC(=O)OCC(C)(C)C(=O)C(=O)N1CCCC[C@H]1C(=O)O[C@H](CCc1ccc(OC)c(OC)c1)c1cccc(NC(=O)CCC(=O)N[C@H](C(=O)N[C@@H](Cc2cccc(NC(C)=O)c2)C(=O)N2CCC[C@@H]2C(=O)N(C)[C@@H](CC(C)C)C(=O)N(C)CC)c2ccccc2)c1. The Labute approximate surface area is 544 Å². The number of nitrogens with one attached hydrogen (secondary N) is 4. The number of methoxy groups -OCH3 is 2. The highest BCUT2D eigenvalue weighted by Crippen LogP contribution is 2.33. The minimum Gasteiger partial charge on any atom is -0.493 e. The summed E-state index contributed by atoms with van der Waals surface area (Å²) < 4.78 is 22.4. The van der Waals surface area contributed by atoms with Gasteiger partial charge in [-0.25, -0.2) is 9.59 Å². The molecule has 2 aliphatic heterocycles. The van der Waals surface area contributed by atoms with Crippen LogP contribution < -0.4 is 30.7 Å². The predicted octanol–water partition coefficient (Wildman–Crippen LogP) is 7.23. The van der Waals surface area contributed by atoms with Gasteiger partial charge in [-0.05, 0) is 137 Å². The van der Waals surface area contributed by atoms with Crippen molar-refractivity contribution >= 4 is 76.4 Å². The lowest BCUT2D eigenvalue weighted by atomic mass is 9.87. The number of amides is 8. The van der Waals surface area contributed by atoms with Crippen LogP contribution in [-0.4, -0.2) is 163 Å². The molecule has 2 saturated heterocycles. The first-order chi connectivity index (χ1) is 44.3. The molecule has 0 aromatic heterocycles. The summed E-state index contributed by atoms with van der Waals surface area (Å²) in [7, 11) is 6.28. The lowest BCUT2D eigenvalue weighted by Gasteiger charge is -2.36. The van der Waals surface area contributed by atoms with E-state index < -0.39 is 101 Å². The minimum absolute atomic E-state index is 0.0657. The zero-order valence-corrected chi connectivity index (χ0v) is 55.1. The number of esters is 2. The van der Waals surface area contributed by atoms with Gasteiger partial charge < -0.3 is 59.8 Å². The number of likely N-dealkylation sites (tertiary alicyclic amines) is 2. The normalized spacial score (nSPS) is 15.9. The van der Waals surface area contributed by atoms with E-state index in [9.17, 15) is 47.9 Å². The number of benzene rings is 4. The van der Waals surface area contributed by atoms with Crippen LogP contribution in [0.3, 0.4) is 0 Å². The number of hydrogen-bond donors (Lipinski definition) is 4. The fourth-order valence-corrected chi connectivity index (χ4v) is 11.3. The fraction of sp³-hybridized carbons (Fsp3) is 0.471. The van der Waals surface area contributed by atoms with Gasteiger partial charge in [0.25, 0.3) is 5.91 Å². The van der Waals surface area contributed by atoms with Gasteiger partial charge in [-0.1, -0.05) is 81.1 Å². The molecule has 0 aliphatic carbocycles. The van der Waals surface area contributed by atoms with E-state index in [-0.39, 0.29) is 62.9 Å². The molecule has 0 unspecified atom stereocenters. The number of carbonyl (C=O) groups excluding carboxylic acids is 11. The Morgan fingerprint density at radius 3 is 2.04 bits per heavy atom. The summed E-state index contributed by atoms with van der Waals surface area (Å²) in [6.45, 7) is 13.8. The number of rotatable bonds is 31. The van der Waals surface area contributed by atoms with Crippen LogP contribution in [-0.2, 0) is 75.1 Å². The molecule has 93 heavy (non-hydrogen) atoms. The van der Waals surface area contributed by atoms with Crippen molar-refractivity contribution in [3.8, 4) is 11.5 Å². The van der Waals surface area contributed by atoms with Crippen molar-refractivity contribution in [1.29, 1.82) is 0 Å². The van der Waals surface area contributed by atoms with Gasteiger partial charge in [0.2, 0.25) is 47.1 Å². The summed E-state index contributed by atoms with van der Waals surface area (Å²) in [5.74, 6) is -5.76. The van der Waals surface area contributed by atoms with Crippen molar-refractivity contribution in [2.45, 2.75) is 148 Å². The quantitative estimate of drug-likeness (QED) is 0.0220. The second kappa shape index (κ2) is 34.3. The summed E-state index contributed by atoms with van der Waals surface area (Å²) in [6, 6.07) is 21.6. The van der Waals surface area contributed by atoms with Gasteiger partial charge in [0, 0.05) is 77.4 Å². The third-order valence-electron chi connectivity index (χ3n) is 16.6. The van der Waals surface area contributed by atoms with E-state index in [4.69, 9.17) is 18.9 Å². The zero-order chi connectivity index (χ0) is 68.1. The number of piperidine rings is 1. The molecule has 2 heterocycles. The van der Waals surface area contributed by atoms with Gasteiger partial charge in [0.05, 0.1) is 19.6 Å². The van der Waals surface area contributed by atoms with E-state index in [2.05, 4.69) is 27.8 Å². The molecular weight excluding hydrogens is 1190 g/mol. The maximum absolute atomic E-state index is 15.1. The molecule has 0 spiro atoms. The summed E-state index contributed by atoms with van der Waals surface area (Å²) in [5.41, 5.74) is 1.55. The van der Waals surface area contributed by atoms with E-state index in [1.165, 1.54) is 49.7 Å². The monoisotopic (exact) mass is 1280 g/mol. The first-order valence-electron chi connectivity index (χ1n) is 31.6. The van der Waals surface area contributed by atoms with E-state index in [1.807, 2.05) is 26.8 Å². The van der Waals surface area contributed by atoms with Crippen molar-refractivity contribution < 1.29 is 71.7 Å². The molecule has 0 bridgehead atoms. The van der Waals surface area contributed by atoms with Gasteiger partial charge in [-0.3, -0.25) is 43.2 Å². The molecule has 8 amide bonds. The Bertz CT molecular complexity index is 3350. The van der Waals surface area contributed by atoms with Crippen LogP contribution >= 0.6 is 0 Å². The Hall–Kier alpha value is -9.41. The van der Waals surface area contributed by atoms with Crippen LogP contribution in [0.1, 0.15) is 134 Å². The lowest BCUT2D eigenvalue weighted by molar-refractivity contribution is -0.165. The van der Waals surface area contributed by atoms with Gasteiger partial charge in [-0.15, -0.1) is 0 Å². The van der Waals surface area contributed by atoms with Crippen LogP contribution in [0.5, 0.6) is 11.5 Å². The molecule has 4 aromatic rings. The van der Waals surface area contributed by atoms with Crippen molar-refractivity contribution in [1.82, 2.24) is 30.2 Å². The highest BCUT2D eigenvalue weighted by atomic mass is 16.5. The molecule has 0 saturated carbocycles. The number of Topliss-reactive ketones (excluding diaryl/α,β-unsaturated/α-hetero) is 1. The van der Waals surface area contributed by atoms with Crippen LogP contribution in [0.25, 0.3) is 0 Å². The number of aryl methyl sites for hydroxylation is 1. The molecule has 2 fully saturated rings. The van der Waals surface area contributed by atoms with Crippen molar-refractivity contribution in [3.63, 3.8) is 0 Å². The zero-order valence-electron chi connectivity index (χ0n) is 55.1. The van der Waals surface area contributed by atoms with Crippen molar-refractivity contribution in [2.24, 2.45) is 11.3 Å². The fourth-order valence-electron chi connectivity index (χ4n) is 11.3. The van der Waals surface area contributed by atoms with Crippen molar-refractivity contribution in [3.05, 3.63) is 132 Å². The topological polar surface area (TPSA) is 286 Å². The first-order valence-corrected chi connectivity index (χ1v) is 31.6. The van der Waals surface area contributed by atoms with Crippen molar-refractivity contribution in [2.75, 3.05) is 65.2 Å². The average molecular weight is 1280 g/mol. The third-order valence-corrected chi connectivity index (χ3v) is 16.6. The largest absolute Gasteiger partial charge is 0.493 e. The van der Waals surface area contributed by atoms with Gasteiger partial charge >= 0.3 is 11.9 Å². The molecular formula is C70H90N8O15. The molecule has 6 rings (SSSR count). The summed E-state index contributed by atoms with van der Waals surface area (Å²) in [4.78, 5) is 157. The maximum Gasteiger partial charge on any atom is 0.330 e. The van der Waals surface area contributed by atoms with Crippen LogP contribution in [0.2, 0.25) is 0 Å². The maximum atomic E-state index is 15.1. The highest BCUT2D eigenvalue weighted by Gasteiger charge is 2.44. The number of ether oxygens (including phenoxy) is 4. The van der Waals surface area contributed by atoms with E-state index in [1.54, 1.807) is 110 Å². The minimum atomic E-state index is -1.42. The van der Waals surface area contributed by atoms with Crippen LogP contribution in [0.15, 0.2) is 110 Å². The number of likely N-dealkylation sites (N-methyl/N-ethyl adjacent to an activating group) is 2. The molecule has 500 valence electrons. The first kappa shape index (κ1) is 72.7. The predicted molar refractivity (Wildman–Crippen MR) is 348 cm³/mol. The van der Waals surface area contributed by atoms with E-state index in [0.717, 1.165) is 11.6 Å². The second-order valence-electron chi connectivity index (χ2n) is 24.6. The standard InChI is InChI=1S/C70H90N8O15/c1-12-61(82)92-43-70(6,7)63(83)68(88)78-36-18-17-28-54(78)69(89)93-56(32-30-46-31-33-57(90-10)58(41-46)91-11)49-25-20-27-51(42-49)72-59(80)34-35-60(81)74-62(48-23-15-14-16-24-48)64(84)73-52(40-47-22-19-26-50(39-47)71-45(5)79)65(85)77-37-21-29-53(77)67(87)76(9)55(38-44(3)4)66(86)75(8)13-2/h12,14-16,19-20,22-27,31,33,39,41-42,44,52-56,62H,1,13,17-18,21,28-30,32,34-38,40,43H2,2-11H3,(H,71,79)(H,72,80)(H,73,84)(H,74,81)/t52-,53+,54-,55-,56+,62-/m0/s1. The molecule has 4 aromatic carbocycles. The number of anilines is 2. The summed E-state index contributed by atoms with van der Waals surface area (Å²) in [5, 5.41) is 11.2. The Morgan fingerprint density at radius 2 is 1.38 bits per heavy atom. The smallest absolute Gasteiger partial charge is 0.330 e. The average Bonchev–Trinajstić information content (AvgIpc) is 1.55. The summed E-state index contributed by atoms with van der Waals surface area (Å²) in [6.07, 6.45) is 2.24. The number of nitrogens with zero attached hydrogens (tertiary/aromatic N) is 4. The number of ketones is 1. The Kier molecular flexibility index (Phi) is 26.8. The molecule has 4 N–H and O–H groups in total. The molecule has 6 atom stereocenters. The van der Waals surface area contributed by atoms with Gasteiger partial charge in [0.1, 0.15) is 42.9 Å². The number of carbonyl (C=O) groups is 11.